The van der Waals surface area contributed by atoms with Gasteiger partial charge in [0.15, 0.2) is 10.9 Å². The smallest absolute Gasteiger partial charge is 0.262 e. The number of aromatic nitrogens is 2. The zero-order valence-corrected chi connectivity index (χ0v) is 17.1. The molecule has 29 heavy (non-hydrogen) atoms. The standard InChI is InChI=1S/C24H20N2O2S/c1-16-9-8-14-20-21(16)23(28)26(2)24(25-20)29-15-18-12-6-7-13-19(18)22(27)17-10-4-3-5-11-17/h3-14H,15H2,1-2H3. The lowest BCUT2D eigenvalue weighted by molar-refractivity contribution is 0.103. The predicted octanol–water partition coefficient (Wildman–Crippen LogP) is 4.77. The van der Waals surface area contributed by atoms with E-state index in [1.807, 2.05) is 79.7 Å². The van der Waals surface area contributed by atoms with Gasteiger partial charge < -0.3 is 0 Å². The number of aryl methyl sites for hydroxylation is 1. The molecular weight excluding hydrogens is 380 g/mol. The van der Waals surface area contributed by atoms with Crippen LogP contribution in [-0.4, -0.2) is 15.3 Å². The van der Waals surface area contributed by atoms with Crippen LogP contribution >= 0.6 is 11.8 Å². The Balaban J connectivity index is 1.67. The Morgan fingerprint density at radius 3 is 2.48 bits per heavy atom. The molecular formula is C24H20N2O2S. The van der Waals surface area contributed by atoms with Crippen molar-refractivity contribution in [2.75, 3.05) is 0 Å². The Morgan fingerprint density at radius 2 is 1.69 bits per heavy atom. The molecule has 3 aromatic carbocycles. The maximum Gasteiger partial charge on any atom is 0.262 e. The van der Waals surface area contributed by atoms with Gasteiger partial charge in [0.1, 0.15) is 0 Å². The number of fused-ring (bicyclic) bond motifs is 1. The van der Waals surface area contributed by atoms with Gasteiger partial charge in [0.2, 0.25) is 0 Å². The van der Waals surface area contributed by atoms with E-state index in [1.54, 1.807) is 11.6 Å². The molecule has 0 bridgehead atoms. The number of carbonyl (C=O) groups is 1. The van der Waals surface area contributed by atoms with Crippen molar-refractivity contribution in [2.45, 2.75) is 17.8 Å². The summed E-state index contributed by atoms with van der Waals surface area (Å²) < 4.78 is 1.58. The minimum atomic E-state index is -0.0516. The fraction of sp³-hybridized carbons (Fsp3) is 0.125. The number of ketones is 1. The predicted molar refractivity (Wildman–Crippen MR) is 118 cm³/mol. The van der Waals surface area contributed by atoms with Crippen molar-refractivity contribution in [1.29, 1.82) is 0 Å². The summed E-state index contributed by atoms with van der Waals surface area (Å²) in [7, 11) is 1.74. The molecule has 0 unspecified atom stereocenters. The quantitative estimate of drug-likeness (QED) is 0.275. The van der Waals surface area contributed by atoms with Crippen molar-refractivity contribution in [2.24, 2.45) is 7.05 Å². The molecule has 0 spiro atoms. The van der Waals surface area contributed by atoms with Crippen LogP contribution in [0.25, 0.3) is 10.9 Å². The van der Waals surface area contributed by atoms with E-state index in [2.05, 4.69) is 4.98 Å². The number of rotatable bonds is 5. The molecule has 0 aliphatic heterocycles. The number of hydrogen-bond donors (Lipinski definition) is 0. The van der Waals surface area contributed by atoms with Crippen LogP contribution in [0.1, 0.15) is 27.0 Å². The highest BCUT2D eigenvalue weighted by molar-refractivity contribution is 7.98. The SMILES string of the molecule is Cc1cccc2nc(SCc3ccccc3C(=O)c3ccccc3)n(C)c(=O)c12. The summed E-state index contributed by atoms with van der Waals surface area (Å²) in [5.41, 5.74) is 3.83. The lowest BCUT2D eigenvalue weighted by atomic mass is 9.99. The molecule has 5 heteroatoms. The van der Waals surface area contributed by atoms with E-state index in [0.717, 1.165) is 11.1 Å². The highest BCUT2D eigenvalue weighted by atomic mass is 32.2. The maximum absolute atomic E-state index is 12.9. The fourth-order valence-corrected chi connectivity index (χ4v) is 4.32. The van der Waals surface area contributed by atoms with Crippen LogP contribution in [0, 0.1) is 6.92 Å². The van der Waals surface area contributed by atoms with Gasteiger partial charge in [0.25, 0.3) is 5.56 Å². The van der Waals surface area contributed by atoms with E-state index in [4.69, 9.17) is 0 Å². The summed E-state index contributed by atoms with van der Waals surface area (Å²) in [6, 6.07) is 22.6. The maximum atomic E-state index is 12.9. The highest BCUT2D eigenvalue weighted by Crippen LogP contribution is 2.25. The van der Waals surface area contributed by atoms with Gasteiger partial charge in [-0.2, -0.15) is 0 Å². The van der Waals surface area contributed by atoms with Gasteiger partial charge in [-0.3, -0.25) is 14.2 Å². The first-order valence-electron chi connectivity index (χ1n) is 9.33. The Bertz CT molecular complexity index is 1260. The lowest BCUT2D eigenvalue weighted by Gasteiger charge is -2.12. The Labute approximate surface area is 173 Å². The molecule has 0 atom stereocenters. The zero-order chi connectivity index (χ0) is 20.4. The highest BCUT2D eigenvalue weighted by Gasteiger charge is 2.15. The largest absolute Gasteiger partial charge is 0.290 e. The normalized spacial score (nSPS) is 11.0. The second kappa shape index (κ2) is 8.05. The van der Waals surface area contributed by atoms with Gasteiger partial charge in [-0.25, -0.2) is 4.98 Å². The van der Waals surface area contributed by atoms with Crippen LogP contribution in [-0.2, 0) is 12.8 Å². The summed E-state index contributed by atoms with van der Waals surface area (Å²) in [6.07, 6.45) is 0. The third kappa shape index (κ3) is 3.74. The van der Waals surface area contributed by atoms with Gasteiger partial charge in [-0.15, -0.1) is 0 Å². The first-order valence-corrected chi connectivity index (χ1v) is 10.3. The molecule has 0 N–H and O–H groups in total. The van der Waals surface area contributed by atoms with E-state index in [0.29, 0.717) is 32.9 Å². The zero-order valence-electron chi connectivity index (χ0n) is 16.3. The van der Waals surface area contributed by atoms with Crippen LogP contribution in [0.4, 0.5) is 0 Å². The van der Waals surface area contributed by atoms with Crippen LogP contribution < -0.4 is 5.56 Å². The summed E-state index contributed by atoms with van der Waals surface area (Å²) in [5.74, 6) is 0.546. The minimum absolute atomic E-state index is 0.00205. The van der Waals surface area contributed by atoms with Gasteiger partial charge in [-0.05, 0) is 24.1 Å². The Hall–Kier alpha value is -3.18. The van der Waals surface area contributed by atoms with Gasteiger partial charge >= 0.3 is 0 Å². The molecule has 0 saturated carbocycles. The lowest BCUT2D eigenvalue weighted by Crippen LogP contribution is -2.20. The first-order chi connectivity index (χ1) is 14.1. The van der Waals surface area contributed by atoms with Crippen LogP contribution in [0.3, 0.4) is 0 Å². The van der Waals surface area contributed by atoms with Crippen molar-refractivity contribution >= 4 is 28.4 Å². The van der Waals surface area contributed by atoms with Crippen molar-refractivity contribution in [3.63, 3.8) is 0 Å². The molecule has 0 saturated heterocycles. The minimum Gasteiger partial charge on any atom is -0.290 e. The summed E-state index contributed by atoms with van der Waals surface area (Å²) in [4.78, 5) is 30.4. The van der Waals surface area contributed by atoms with Crippen LogP contribution in [0.5, 0.6) is 0 Å². The summed E-state index contributed by atoms with van der Waals surface area (Å²) in [5, 5.41) is 1.29. The van der Waals surface area contributed by atoms with Crippen molar-refractivity contribution in [3.8, 4) is 0 Å². The number of benzene rings is 3. The Morgan fingerprint density at radius 1 is 0.966 bits per heavy atom. The summed E-state index contributed by atoms with van der Waals surface area (Å²) >= 11 is 1.46. The molecule has 0 aliphatic rings. The molecule has 144 valence electrons. The summed E-state index contributed by atoms with van der Waals surface area (Å²) in [6.45, 7) is 1.92. The molecule has 0 fully saturated rings. The van der Waals surface area contributed by atoms with Crippen molar-refractivity contribution < 1.29 is 4.79 Å². The van der Waals surface area contributed by atoms with Crippen molar-refractivity contribution in [3.05, 3.63) is 105 Å². The monoisotopic (exact) mass is 400 g/mol. The number of thioether (sulfide) groups is 1. The van der Waals surface area contributed by atoms with E-state index in [1.165, 1.54) is 11.8 Å². The van der Waals surface area contributed by atoms with Crippen LogP contribution in [0.15, 0.2) is 82.7 Å². The third-order valence-corrected chi connectivity index (χ3v) is 6.01. The second-order valence-corrected chi connectivity index (χ2v) is 7.81. The van der Waals surface area contributed by atoms with Gasteiger partial charge in [-0.1, -0.05) is 78.5 Å². The van der Waals surface area contributed by atoms with Gasteiger partial charge in [0, 0.05) is 23.9 Å². The molecule has 0 aliphatic carbocycles. The molecule has 1 heterocycles. The Kier molecular flexibility index (Phi) is 5.32. The van der Waals surface area contributed by atoms with E-state index < -0.39 is 0 Å². The molecule has 0 amide bonds. The van der Waals surface area contributed by atoms with Crippen LogP contribution in [0.2, 0.25) is 0 Å². The van der Waals surface area contributed by atoms with E-state index in [-0.39, 0.29) is 11.3 Å². The van der Waals surface area contributed by atoms with E-state index >= 15 is 0 Å². The molecule has 1 aromatic heterocycles. The molecule has 4 aromatic rings. The number of nitrogens with zero attached hydrogens (tertiary/aromatic N) is 2. The fourth-order valence-electron chi connectivity index (χ4n) is 3.34. The average molecular weight is 401 g/mol. The molecule has 4 nitrogen and oxygen atoms in total. The van der Waals surface area contributed by atoms with Gasteiger partial charge in [0.05, 0.1) is 10.9 Å². The topological polar surface area (TPSA) is 52.0 Å². The molecule has 0 radical (unpaired) electrons. The number of hydrogen-bond acceptors (Lipinski definition) is 4. The van der Waals surface area contributed by atoms with E-state index in [9.17, 15) is 9.59 Å². The third-order valence-electron chi connectivity index (χ3n) is 4.93. The second-order valence-electron chi connectivity index (χ2n) is 6.87. The molecule has 4 rings (SSSR count). The average Bonchev–Trinajstić information content (AvgIpc) is 2.75. The first kappa shape index (κ1) is 19.2. The van der Waals surface area contributed by atoms with Crippen molar-refractivity contribution in [1.82, 2.24) is 9.55 Å². The number of carbonyl (C=O) groups excluding carboxylic acids is 1.